The Morgan fingerprint density at radius 2 is 0.985 bits per heavy atom. The van der Waals surface area contributed by atoms with E-state index in [-0.39, 0.29) is 50.1 Å². The van der Waals surface area contributed by atoms with Gasteiger partial charge in [-0.05, 0) is 47.0 Å². The Hall–Kier alpha value is -6.45. The molecule has 2 rings (SSSR count). The number of nitrogens with zero attached hydrogens (tertiary/aromatic N) is 2. The smallest absolute Gasteiger partial charge is 0.303 e. The molecule has 0 spiro atoms. The van der Waals surface area contributed by atoms with Crippen LogP contribution >= 0.6 is 0 Å². The second kappa shape index (κ2) is 27.9. The Morgan fingerprint density at radius 1 is 0.537 bits per heavy atom. The quantitative estimate of drug-likeness (QED) is 0.0481. The van der Waals surface area contributed by atoms with Gasteiger partial charge in [-0.15, -0.1) is 0 Å². The van der Waals surface area contributed by atoms with Crippen molar-refractivity contribution in [2.75, 3.05) is 0 Å². The molecule has 9 N–H and O–H groups in total. The molecule has 2 aromatic rings. The standard InChI is InChI=1S/C45H66N8O14/c1-8-35(55)25(4)51-44(66)30(10-12-41(62)63)16-39(59)34(17-32-20-47-22-49-32)53-45(67)33(28(7)54)18-38(58)27(6)50-42(64)24(3)14-37(57)26(5)52-43(65)29(9-11-40(60)61)15-36(56)23(2)13-31-19-46-21-48-31/h19-30,33-34,54H,8-18H2,1-7H3,(H,46,48)(H,47,49)(H,50,64)(H,51,66)(H,52,65)(H,53,67)(H,60,61)(H,62,63)/t23-,24+,25-,26-,27-,28+,29+,30+,33-,34-/m1/s1. The SMILES string of the molecule is CCC(=O)[C@@H](C)NC(=O)[C@@H](CCC(=O)O)CC(=O)[C@@H](Cc1cnc[nH]1)NC(=O)[C@H](CC(=O)[C@@H](C)NC(=O)[C@@H](C)CC(=O)[C@@H](C)NC(=O)[C@@H](CCC(=O)O)CC(=O)[C@H](C)Cc1cnc[nH]1)[C@H](C)O. The van der Waals surface area contributed by atoms with Crippen molar-refractivity contribution >= 4 is 64.5 Å². The molecule has 0 saturated carbocycles. The molecule has 2 heterocycles. The first-order chi connectivity index (χ1) is 31.4. The van der Waals surface area contributed by atoms with Crippen LogP contribution in [-0.2, 0) is 65.6 Å². The van der Waals surface area contributed by atoms with Gasteiger partial charge in [0.2, 0.25) is 23.6 Å². The molecule has 67 heavy (non-hydrogen) atoms. The van der Waals surface area contributed by atoms with Gasteiger partial charge in [0.15, 0.2) is 23.1 Å². The number of aromatic nitrogens is 4. The second-order valence-electron chi connectivity index (χ2n) is 17.2. The lowest BCUT2D eigenvalue weighted by atomic mass is 9.89. The van der Waals surface area contributed by atoms with Gasteiger partial charge < -0.3 is 46.6 Å². The number of aromatic amines is 2. The maximum absolute atomic E-state index is 13.8. The summed E-state index contributed by atoms with van der Waals surface area (Å²) in [6.45, 7) is 10.1. The van der Waals surface area contributed by atoms with Crippen molar-refractivity contribution in [3.05, 3.63) is 36.4 Å². The largest absolute Gasteiger partial charge is 0.481 e. The van der Waals surface area contributed by atoms with Crippen molar-refractivity contribution < 1.29 is 68.1 Å². The van der Waals surface area contributed by atoms with Gasteiger partial charge in [-0.1, -0.05) is 20.8 Å². The summed E-state index contributed by atoms with van der Waals surface area (Å²) >= 11 is 0. The summed E-state index contributed by atoms with van der Waals surface area (Å²) in [4.78, 5) is 155. The number of carboxylic acids is 2. The number of Topliss-reactive ketones (excluding diaryl/α,β-unsaturated/α-hetero) is 5. The van der Waals surface area contributed by atoms with Gasteiger partial charge in [-0.3, -0.25) is 52.7 Å². The van der Waals surface area contributed by atoms with Gasteiger partial charge in [0.1, 0.15) is 5.78 Å². The van der Waals surface area contributed by atoms with Crippen molar-refractivity contribution in [1.82, 2.24) is 41.2 Å². The third-order valence-corrected chi connectivity index (χ3v) is 11.5. The van der Waals surface area contributed by atoms with Crippen molar-refractivity contribution in [2.24, 2.45) is 29.6 Å². The molecule has 0 saturated heterocycles. The maximum atomic E-state index is 13.8. The van der Waals surface area contributed by atoms with E-state index in [4.69, 9.17) is 0 Å². The third-order valence-electron chi connectivity index (χ3n) is 11.5. The van der Waals surface area contributed by atoms with E-state index < -0.39 is 138 Å². The fourth-order valence-corrected chi connectivity index (χ4v) is 7.07. The molecule has 0 aromatic carbocycles. The first-order valence-corrected chi connectivity index (χ1v) is 22.3. The normalized spacial score (nSPS) is 15.7. The van der Waals surface area contributed by atoms with Crippen LogP contribution in [0, 0.1) is 29.6 Å². The van der Waals surface area contributed by atoms with Crippen LogP contribution in [0.2, 0.25) is 0 Å². The Kier molecular flexibility index (Phi) is 23.6. The summed E-state index contributed by atoms with van der Waals surface area (Å²) in [6, 6.07) is -4.60. The highest BCUT2D eigenvalue weighted by atomic mass is 16.4. The Balaban J connectivity index is 2.09. The van der Waals surface area contributed by atoms with Crippen molar-refractivity contribution in [1.29, 1.82) is 0 Å². The van der Waals surface area contributed by atoms with E-state index in [1.165, 1.54) is 53.5 Å². The fourth-order valence-electron chi connectivity index (χ4n) is 7.07. The van der Waals surface area contributed by atoms with Crippen molar-refractivity contribution in [3.63, 3.8) is 0 Å². The molecule has 10 atom stereocenters. The topological polar surface area (TPSA) is 354 Å². The van der Waals surface area contributed by atoms with Gasteiger partial charge in [-0.25, -0.2) is 9.97 Å². The van der Waals surface area contributed by atoms with Crippen LogP contribution in [0.15, 0.2) is 25.0 Å². The third kappa shape index (κ3) is 19.9. The predicted octanol–water partition coefficient (Wildman–Crippen LogP) is 0.964. The monoisotopic (exact) mass is 942 g/mol. The number of hydrogen-bond donors (Lipinski definition) is 9. The average Bonchev–Trinajstić information content (AvgIpc) is 3.99. The molecule has 22 nitrogen and oxygen atoms in total. The van der Waals surface area contributed by atoms with Crippen LogP contribution in [0.4, 0.5) is 0 Å². The van der Waals surface area contributed by atoms with Gasteiger partial charge in [0, 0.05) is 98.8 Å². The van der Waals surface area contributed by atoms with E-state index in [1.54, 1.807) is 20.0 Å². The maximum Gasteiger partial charge on any atom is 0.303 e. The summed E-state index contributed by atoms with van der Waals surface area (Å²) in [5.41, 5.74) is 1.11. The van der Waals surface area contributed by atoms with Crippen LogP contribution in [0.1, 0.15) is 118 Å². The Labute approximate surface area is 388 Å². The van der Waals surface area contributed by atoms with Crippen LogP contribution in [0.5, 0.6) is 0 Å². The van der Waals surface area contributed by atoms with Crippen molar-refractivity contribution in [3.8, 4) is 0 Å². The number of hydrogen-bond acceptors (Lipinski definition) is 14. The molecule has 22 heteroatoms. The lowest BCUT2D eigenvalue weighted by Crippen LogP contribution is -2.50. The molecule has 0 unspecified atom stereocenters. The van der Waals surface area contributed by atoms with Gasteiger partial charge in [0.05, 0.1) is 48.8 Å². The summed E-state index contributed by atoms with van der Waals surface area (Å²) in [5, 5.41) is 39.3. The van der Waals surface area contributed by atoms with Crippen LogP contribution in [-0.4, -0.2) is 130 Å². The molecule has 0 bridgehead atoms. The summed E-state index contributed by atoms with van der Waals surface area (Å²) in [7, 11) is 0. The Bertz CT molecular complexity index is 2040. The highest BCUT2D eigenvalue weighted by Gasteiger charge is 2.35. The van der Waals surface area contributed by atoms with Crippen LogP contribution < -0.4 is 21.3 Å². The highest BCUT2D eigenvalue weighted by molar-refractivity contribution is 5.98. The number of carboxylic acid groups (broad SMARTS) is 2. The number of rotatable bonds is 33. The minimum absolute atomic E-state index is 0.126. The molecule has 370 valence electrons. The first-order valence-electron chi connectivity index (χ1n) is 22.3. The molecule has 4 amide bonds. The molecule has 0 radical (unpaired) electrons. The number of ketones is 5. The van der Waals surface area contributed by atoms with Crippen LogP contribution in [0.25, 0.3) is 0 Å². The Morgan fingerprint density at radius 3 is 1.43 bits per heavy atom. The lowest BCUT2D eigenvalue weighted by Gasteiger charge is -2.26. The number of aliphatic hydroxyl groups excluding tert-OH is 1. The fraction of sp³-hybridized carbons (Fsp3) is 0.622. The number of carbonyl (C=O) groups is 11. The van der Waals surface area contributed by atoms with Crippen molar-refractivity contribution in [2.45, 2.75) is 149 Å². The minimum atomic E-state index is -1.44. The van der Waals surface area contributed by atoms with Gasteiger partial charge >= 0.3 is 11.9 Å². The molecule has 0 aliphatic carbocycles. The molecular formula is C45H66N8O14. The highest BCUT2D eigenvalue weighted by Crippen LogP contribution is 2.20. The van der Waals surface area contributed by atoms with E-state index in [0.29, 0.717) is 17.8 Å². The zero-order valence-corrected chi connectivity index (χ0v) is 39.1. The summed E-state index contributed by atoms with van der Waals surface area (Å²) < 4.78 is 0. The van der Waals surface area contributed by atoms with E-state index in [0.717, 1.165) is 0 Å². The number of carbonyl (C=O) groups excluding carboxylic acids is 9. The lowest BCUT2D eigenvalue weighted by molar-refractivity contribution is -0.139. The first kappa shape index (κ1) is 56.7. The number of amides is 4. The summed E-state index contributed by atoms with van der Waals surface area (Å²) in [6.07, 6.45) is 1.55. The predicted molar refractivity (Wildman–Crippen MR) is 237 cm³/mol. The van der Waals surface area contributed by atoms with Gasteiger partial charge in [-0.2, -0.15) is 0 Å². The molecule has 2 aromatic heterocycles. The number of imidazole rings is 2. The zero-order chi connectivity index (χ0) is 50.5. The number of aliphatic carboxylic acids is 2. The van der Waals surface area contributed by atoms with E-state index in [9.17, 15) is 68.1 Å². The molecule has 0 fully saturated rings. The number of aliphatic hydroxyl groups is 1. The van der Waals surface area contributed by atoms with E-state index >= 15 is 0 Å². The minimum Gasteiger partial charge on any atom is -0.481 e. The molecular weight excluding hydrogens is 877 g/mol. The molecule has 0 aliphatic rings. The zero-order valence-electron chi connectivity index (χ0n) is 39.1. The van der Waals surface area contributed by atoms with Gasteiger partial charge in [0.25, 0.3) is 0 Å². The number of nitrogens with one attached hydrogen (secondary N) is 6. The van der Waals surface area contributed by atoms with E-state index in [2.05, 4.69) is 41.2 Å². The molecule has 0 aliphatic heterocycles. The van der Waals surface area contributed by atoms with E-state index in [1.807, 2.05) is 0 Å². The summed E-state index contributed by atoms with van der Waals surface area (Å²) in [5.74, 6) is -13.2. The average molecular weight is 943 g/mol. The van der Waals surface area contributed by atoms with Crippen LogP contribution in [0.3, 0.4) is 0 Å². The number of H-pyrrole nitrogens is 2. The second-order valence-corrected chi connectivity index (χ2v) is 17.2.